The second kappa shape index (κ2) is 5.41. The summed E-state index contributed by atoms with van der Waals surface area (Å²) in [7, 11) is 0. The van der Waals surface area contributed by atoms with Crippen LogP contribution in [-0.4, -0.2) is 26.2 Å². The minimum atomic E-state index is 0.271. The largest absolute Gasteiger partial charge is 0.464 e. The zero-order valence-electron chi connectivity index (χ0n) is 10.9. The molecule has 0 unspecified atom stereocenters. The number of aryl methyl sites for hydroxylation is 1. The lowest BCUT2D eigenvalue weighted by Crippen LogP contribution is -1.98. The first-order valence-corrected chi connectivity index (χ1v) is 6.17. The summed E-state index contributed by atoms with van der Waals surface area (Å²) in [5.41, 5.74) is 2.41. The molecule has 0 saturated heterocycles. The van der Waals surface area contributed by atoms with Crippen LogP contribution in [0.25, 0.3) is 5.65 Å². The van der Waals surface area contributed by atoms with Gasteiger partial charge in [-0.1, -0.05) is 12.0 Å². The SMILES string of the molecule is Cc1cc2nc(OCC#Cc3ccccn3)ccn2n1. The van der Waals surface area contributed by atoms with Crippen molar-refractivity contribution in [1.29, 1.82) is 0 Å². The van der Waals surface area contributed by atoms with Crippen molar-refractivity contribution in [3.8, 4) is 17.7 Å². The molecule has 0 fully saturated rings. The summed E-state index contributed by atoms with van der Waals surface area (Å²) in [6.45, 7) is 2.19. The van der Waals surface area contributed by atoms with Crippen LogP contribution in [0.15, 0.2) is 42.7 Å². The van der Waals surface area contributed by atoms with Gasteiger partial charge in [-0.15, -0.1) is 0 Å². The predicted octanol–water partition coefficient (Wildman–Crippen LogP) is 1.86. The fourth-order valence-electron chi connectivity index (χ4n) is 1.73. The highest BCUT2D eigenvalue weighted by Gasteiger charge is 2.00. The fraction of sp³-hybridized carbons (Fsp3) is 0.133. The van der Waals surface area contributed by atoms with Gasteiger partial charge in [0, 0.05) is 24.5 Å². The minimum absolute atomic E-state index is 0.271. The lowest BCUT2D eigenvalue weighted by atomic mass is 10.3. The van der Waals surface area contributed by atoms with E-state index in [9.17, 15) is 0 Å². The fourth-order valence-corrected chi connectivity index (χ4v) is 1.73. The van der Waals surface area contributed by atoms with E-state index in [1.807, 2.05) is 37.4 Å². The van der Waals surface area contributed by atoms with Gasteiger partial charge in [0.05, 0.1) is 5.69 Å². The normalized spacial score (nSPS) is 10.1. The van der Waals surface area contributed by atoms with E-state index in [0.29, 0.717) is 5.88 Å². The molecule has 0 bridgehead atoms. The molecule has 3 rings (SSSR count). The lowest BCUT2D eigenvalue weighted by molar-refractivity contribution is 0.355. The number of rotatable bonds is 2. The standard InChI is InChI=1S/C15H12N4O/c1-12-11-14-17-15(7-9-19(14)18-12)20-10-4-6-13-5-2-3-8-16-13/h2-3,5,7-9,11H,10H2,1H3. The van der Waals surface area contributed by atoms with Crippen LogP contribution in [0.5, 0.6) is 5.88 Å². The van der Waals surface area contributed by atoms with Crippen LogP contribution in [-0.2, 0) is 0 Å². The molecule has 3 aromatic heterocycles. The minimum Gasteiger partial charge on any atom is -0.464 e. The average Bonchev–Trinajstić information content (AvgIpc) is 2.84. The Morgan fingerprint density at radius 2 is 2.25 bits per heavy atom. The van der Waals surface area contributed by atoms with Crippen molar-refractivity contribution in [2.45, 2.75) is 6.92 Å². The molecule has 0 aliphatic rings. The third-order valence-electron chi connectivity index (χ3n) is 2.59. The first-order valence-electron chi connectivity index (χ1n) is 6.17. The quantitative estimate of drug-likeness (QED) is 0.663. The first kappa shape index (κ1) is 12.2. The number of nitrogens with zero attached hydrogens (tertiary/aromatic N) is 4. The van der Waals surface area contributed by atoms with E-state index in [4.69, 9.17) is 4.74 Å². The van der Waals surface area contributed by atoms with E-state index < -0.39 is 0 Å². The van der Waals surface area contributed by atoms with Crippen molar-refractivity contribution in [2.75, 3.05) is 6.61 Å². The van der Waals surface area contributed by atoms with Gasteiger partial charge >= 0.3 is 0 Å². The summed E-state index contributed by atoms with van der Waals surface area (Å²) in [5, 5.41) is 4.25. The highest BCUT2D eigenvalue weighted by molar-refractivity contribution is 5.40. The van der Waals surface area contributed by atoms with E-state index in [0.717, 1.165) is 17.0 Å². The van der Waals surface area contributed by atoms with E-state index in [2.05, 4.69) is 26.9 Å². The van der Waals surface area contributed by atoms with Crippen LogP contribution < -0.4 is 4.74 Å². The zero-order chi connectivity index (χ0) is 13.8. The Hall–Kier alpha value is -2.87. The lowest BCUT2D eigenvalue weighted by Gasteiger charge is -2.00. The predicted molar refractivity (Wildman–Crippen MR) is 74.3 cm³/mol. The second-order valence-corrected chi connectivity index (χ2v) is 4.16. The summed E-state index contributed by atoms with van der Waals surface area (Å²) in [6, 6.07) is 9.27. The molecule has 5 nitrogen and oxygen atoms in total. The maximum absolute atomic E-state index is 5.49. The van der Waals surface area contributed by atoms with Gasteiger partial charge in [0.1, 0.15) is 5.69 Å². The zero-order valence-corrected chi connectivity index (χ0v) is 10.9. The topological polar surface area (TPSA) is 52.3 Å². The van der Waals surface area contributed by atoms with Gasteiger partial charge in [0.2, 0.25) is 5.88 Å². The Balaban J connectivity index is 1.67. The van der Waals surface area contributed by atoms with Gasteiger partial charge in [-0.05, 0) is 25.0 Å². The van der Waals surface area contributed by atoms with Gasteiger partial charge in [-0.2, -0.15) is 10.1 Å². The molecule has 0 saturated carbocycles. The van der Waals surface area contributed by atoms with Crippen molar-refractivity contribution in [1.82, 2.24) is 19.6 Å². The van der Waals surface area contributed by atoms with Crippen LogP contribution in [0.3, 0.4) is 0 Å². The Morgan fingerprint density at radius 1 is 1.30 bits per heavy atom. The summed E-state index contributed by atoms with van der Waals surface area (Å²) in [4.78, 5) is 8.45. The van der Waals surface area contributed by atoms with Gasteiger partial charge in [-0.25, -0.2) is 9.50 Å². The van der Waals surface area contributed by atoms with E-state index in [-0.39, 0.29) is 6.61 Å². The molecule has 5 heteroatoms. The van der Waals surface area contributed by atoms with Gasteiger partial charge in [0.25, 0.3) is 0 Å². The molecule has 0 amide bonds. The van der Waals surface area contributed by atoms with Crippen LogP contribution in [0.2, 0.25) is 0 Å². The van der Waals surface area contributed by atoms with Crippen molar-refractivity contribution in [3.05, 3.63) is 54.1 Å². The summed E-state index contributed by atoms with van der Waals surface area (Å²) >= 11 is 0. The van der Waals surface area contributed by atoms with Gasteiger partial charge in [-0.3, -0.25) is 0 Å². The van der Waals surface area contributed by atoms with Gasteiger partial charge < -0.3 is 4.74 Å². The first-order chi connectivity index (χ1) is 9.81. The molecule has 98 valence electrons. The molecular formula is C15H12N4O. The number of fused-ring (bicyclic) bond motifs is 1. The second-order valence-electron chi connectivity index (χ2n) is 4.16. The molecule has 0 aromatic carbocycles. The summed E-state index contributed by atoms with van der Waals surface area (Å²) < 4.78 is 7.20. The third-order valence-corrected chi connectivity index (χ3v) is 2.59. The van der Waals surface area contributed by atoms with Crippen molar-refractivity contribution < 1.29 is 4.74 Å². The maximum Gasteiger partial charge on any atom is 0.217 e. The molecule has 0 aliphatic carbocycles. The highest BCUT2D eigenvalue weighted by atomic mass is 16.5. The van der Waals surface area contributed by atoms with E-state index >= 15 is 0 Å². The van der Waals surface area contributed by atoms with Crippen molar-refractivity contribution in [2.24, 2.45) is 0 Å². The monoisotopic (exact) mass is 264 g/mol. The molecular weight excluding hydrogens is 252 g/mol. The molecule has 0 N–H and O–H groups in total. The van der Waals surface area contributed by atoms with Crippen LogP contribution >= 0.6 is 0 Å². The number of pyridine rings is 1. The maximum atomic E-state index is 5.49. The Labute approximate surface area is 116 Å². The van der Waals surface area contributed by atoms with Crippen LogP contribution in [0, 0.1) is 18.8 Å². The summed E-state index contributed by atoms with van der Waals surface area (Å²) in [5.74, 6) is 6.37. The number of hydrogen-bond donors (Lipinski definition) is 0. The van der Waals surface area contributed by atoms with E-state index in [1.54, 1.807) is 16.8 Å². The molecule has 0 atom stereocenters. The number of hydrogen-bond acceptors (Lipinski definition) is 4. The van der Waals surface area contributed by atoms with Crippen molar-refractivity contribution >= 4 is 5.65 Å². The number of ether oxygens (including phenoxy) is 1. The van der Waals surface area contributed by atoms with E-state index in [1.165, 1.54) is 0 Å². The highest BCUT2D eigenvalue weighted by Crippen LogP contribution is 2.09. The molecule has 20 heavy (non-hydrogen) atoms. The average molecular weight is 264 g/mol. The Bertz CT molecular complexity index is 784. The third kappa shape index (κ3) is 2.75. The molecule has 3 aromatic rings. The molecule has 0 radical (unpaired) electrons. The smallest absolute Gasteiger partial charge is 0.217 e. The number of aromatic nitrogens is 4. The van der Waals surface area contributed by atoms with Crippen LogP contribution in [0.1, 0.15) is 11.4 Å². The van der Waals surface area contributed by atoms with Crippen molar-refractivity contribution in [3.63, 3.8) is 0 Å². The summed E-state index contributed by atoms with van der Waals surface area (Å²) in [6.07, 6.45) is 3.53. The Kier molecular flexibility index (Phi) is 3.29. The molecule has 3 heterocycles. The van der Waals surface area contributed by atoms with Crippen LogP contribution in [0.4, 0.5) is 0 Å². The Morgan fingerprint density at radius 3 is 3.10 bits per heavy atom. The molecule has 0 aliphatic heterocycles. The van der Waals surface area contributed by atoms with Gasteiger partial charge in [0.15, 0.2) is 12.3 Å². The molecule has 0 spiro atoms.